The van der Waals surface area contributed by atoms with Crippen LogP contribution >= 0.6 is 0 Å². The summed E-state index contributed by atoms with van der Waals surface area (Å²) in [6, 6.07) is 9.32. The largest absolute Gasteiger partial charge is 0.308 e. The SMILES string of the molecule is Cn1nncc1CNC1CCc2ccccc2C1. The third-order valence-corrected chi connectivity index (χ3v) is 3.73. The first-order valence-corrected chi connectivity index (χ1v) is 6.46. The fraction of sp³-hybridized carbons (Fsp3) is 0.429. The second kappa shape index (κ2) is 4.90. The Labute approximate surface area is 107 Å². The van der Waals surface area contributed by atoms with E-state index in [1.807, 2.05) is 17.9 Å². The van der Waals surface area contributed by atoms with Crippen LogP contribution in [0.3, 0.4) is 0 Å². The molecule has 18 heavy (non-hydrogen) atoms. The molecule has 1 atom stereocenters. The molecule has 1 unspecified atom stereocenters. The molecule has 0 spiro atoms. The van der Waals surface area contributed by atoms with E-state index in [0.717, 1.165) is 18.7 Å². The zero-order valence-electron chi connectivity index (χ0n) is 10.6. The van der Waals surface area contributed by atoms with Gasteiger partial charge < -0.3 is 5.32 Å². The van der Waals surface area contributed by atoms with Gasteiger partial charge in [-0.1, -0.05) is 29.5 Å². The van der Waals surface area contributed by atoms with Gasteiger partial charge in [0.05, 0.1) is 11.9 Å². The Morgan fingerprint density at radius 3 is 2.94 bits per heavy atom. The Morgan fingerprint density at radius 2 is 2.17 bits per heavy atom. The molecule has 1 aromatic carbocycles. The summed E-state index contributed by atoms with van der Waals surface area (Å²) in [5.41, 5.74) is 4.14. The number of fused-ring (bicyclic) bond motifs is 1. The molecule has 0 fully saturated rings. The van der Waals surface area contributed by atoms with Gasteiger partial charge >= 0.3 is 0 Å². The van der Waals surface area contributed by atoms with Gasteiger partial charge in [0.1, 0.15) is 0 Å². The summed E-state index contributed by atoms with van der Waals surface area (Å²) < 4.78 is 1.82. The summed E-state index contributed by atoms with van der Waals surface area (Å²) >= 11 is 0. The van der Waals surface area contributed by atoms with E-state index in [4.69, 9.17) is 0 Å². The second-order valence-electron chi connectivity index (χ2n) is 4.94. The molecular formula is C14H18N4. The van der Waals surface area contributed by atoms with Crippen LogP contribution in [-0.2, 0) is 26.4 Å². The van der Waals surface area contributed by atoms with E-state index in [2.05, 4.69) is 39.9 Å². The van der Waals surface area contributed by atoms with E-state index in [-0.39, 0.29) is 0 Å². The molecule has 1 aliphatic carbocycles. The standard InChI is InChI=1S/C14H18N4/c1-18-14(10-16-17-18)9-15-13-7-6-11-4-2-3-5-12(11)8-13/h2-5,10,13,15H,6-9H2,1H3. The molecule has 0 saturated carbocycles. The van der Waals surface area contributed by atoms with Crippen LogP contribution in [0.25, 0.3) is 0 Å². The average Bonchev–Trinajstić information content (AvgIpc) is 2.82. The molecule has 0 amide bonds. The van der Waals surface area contributed by atoms with Gasteiger partial charge in [-0.3, -0.25) is 4.68 Å². The minimum absolute atomic E-state index is 0.565. The number of hydrogen-bond acceptors (Lipinski definition) is 3. The number of hydrogen-bond donors (Lipinski definition) is 1. The van der Waals surface area contributed by atoms with Gasteiger partial charge in [0.2, 0.25) is 0 Å². The van der Waals surface area contributed by atoms with E-state index in [1.165, 1.54) is 24.0 Å². The lowest BCUT2D eigenvalue weighted by atomic mass is 9.88. The van der Waals surface area contributed by atoms with Gasteiger partial charge in [-0.05, 0) is 30.4 Å². The van der Waals surface area contributed by atoms with Crippen molar-refractivity contribution in [1.82, 2.24) is 20.3 Å². The molecule has 1 aliphatic rings. The first-order chi connectivity index (χ1) is 8.83. The van der Waals surface area contributed by atoms with Crippen molar-refractivity contribution in [3.05, 3.63) is 47.3 Å². The fourth-order valence-corrected chi connectivity index (χ4v) is 2.59. The Kier molecular flexibility index (Phi) is 3.11. The Morgan fingerprint density at radius 1 is 1.33 bits per heavy atom. The Balaban J connectivity index is 1.61. The maximum Gasteiger partial charge on any atom is 0.0738 e. The Bertz CT molecular complexity index is 532. The molecule has 4 heteroatoms. The molecule has 1 aromatic heterocycles. The van der Waals surface area contributed by atoms with Crippen LogP contribution in [0.5, 0.6) is 0 Å². The van der Waals surface area contributed by atoms with Crippen LogP contribution in [0.1, 0.15) is 23.2 Å². The van der Waals surface area contributed by atoms with Crippen molar-refractivity contribution >= 4 is 0 Å². The van der Waals surface area contributed by atoms with Crippen LogP contribution in [0.2, 0.25) is 0 Å². The number of rotatable bonds is 3. The quantitative estimate of drug-likeness (QED) is 0.886. The van der Waals surface area contributed by atoms with E-state index in [0.29, 0.717) is 6.04 Å². The van der Waals surface area contributed by atoms with Gasteiger partial charge in [-0.25, -0.2) is 0 Å². The third kappa shape index (κ3) is 2.29. The van der Waals surface area contributed by atoms with E-state index in [1.54, 1.807) is 0 Å². The van der Waals surface area contributed by atoms with Crippen LogP contribution in [0.15, 0.2) is 30.5 Å². The summed E-state index contributed by atoms with van der Waals surface area (Å²) in [4.78, 5) is 0. The average molecular weight is 242 g/mol. The molecule has 3 rings (SSSR count). The van der Waals surface area contributed by atoms with Crippen molar-refractivity contribution in [2.24, 2.45) is 7.05 Å². The Hall–Kier alpha value is -1.68. The molecule has 0 bridgehead atoms. The normalized spacial score (nSPS) is 18.6. The first kappa shape index (κ1) is 11.4. The van der Waals surface area contributed by atoms with Crippen molar-refractivity contribution in [3.63, 3.8) is 0 Å². The third-order valence-electron chi connectivity index (χ3n) is 3.73. The highest BCUT2D eigenvalue weighted by atomic mass is 15.4. The smallest absolute Gasteiger partial charge is 0.0738 e. The van der Waals surface area contributed by atoms with E-state index in [9.17, 15) is 0 Å². The summed E-state index contributed by atoms with van der Waals surface area (Å²) in [5, 5.41) is 11.4. The van der Waals surface area contributed by atoms with Crippen LogP contribution < -0.4 is 5.32 Å². The highest BCUT2D eigenvalue weighted by molar-refractivity contribution is 5.30. The molecule has 1 N–H and O–H groups in total. The van der Waals surface area contributed by atoms with Gasteiger partial charge in [0.15, 0.2) is 0 Å². The number of aromatic nitrogens is 3. The first-order valence-electron chi connectivity index (χ1n) is 6.46. The lowest BCUT2D eigenvalue weighted by Gasteiger charge is -2.25. The highest BCUT2D eigenvalue weighted by Crippen LogP contribution is 2.21. The number of nitrogens with zero attached hydrogens (tertiary/aromatic N) is 3. The van der Waals surface area contributed by atoms with Gasteiger partial charge in [0, 0.05) is 19.6 Å². The highest BCUT2D eigenvalue weighted by Gasteiger charge is 2.17. The topological polar surface area (TPSA) is 42.7 Å². The predicted molar refractivity (Wildman–Crippen MR) is 70.1 cm³/mol. The lowest BCUT2D eigenvalue weighted by Crippen LogP contribution is -2.34. The maximum atomic E-state index is 3.94. The fourth-order valence-electron chi connectivity index (χ4n) is 2.59. The molecule has 0 aliphatic heterocycles. The zero-order valence-corrected chi connectivity index (χ0v) is 10.6. The molecule has 94 valence electrons. The number of aryl methyl sites for hydroxylation is 2. The zero-order chi connectivity index (χ0) is 12.4. The molecule has 1 heterocycles. The summed E-state index contributed by atoms with van der Waals surface area (Å²) in [6.07, 6.45) is 5.34. The second-order valence-corrected chi connectivity index (χ2v) is 4.94. The number of benzene rings is 1. The molecule has 0 saturated heterocycles. The summed E-state index contributed by atoms with van der Waals surface area (Å²) in [6.45, 7) is 0.844. The minimum Gasteiger partial charge on any atom is -0.308 e. The van der Waals surface area contributed by atoms with Gasteiger partial charge in [-0.15, -0.1) is 5.10 Å². The van der Waals surface area contributed by atoms with E-state index >= 15 is 0 Å². The van der Waals surface area contributed by atoms with Crippen molar-refractivity contribution in [2.75, 3.05) is 0 Å². The molecule has 4 nitrogen and oxygen atoms in total. The monoisotopic (exact) mass is 242 g/mol. The van der Waals surface area contributed by atoms with Crippen LogP contribution in [-0.4, -0.2) is 21.0 Å². The van der Waals surface area contributed by atoms with Crippen molar-refractivity contribution in [1.29, 1.82) is 0 Å². The molecular weight excluding hydrogens is 224 g/mol. The molecule has 2 aromatic rings. The maximum absolute atomic E-state index is 3.94. The minimum atomic E-state index is 0.565. The molecule has 0 radical (unpaired) electrons. The van der Waals surface area contributed by atoms with Gasteiger partial charge in [-0.2, -0.15) is 0 Å². The van der Waals surface area contributed by atoms with Gasteiger partial charge in [0.25, 0.3) is 0 Å². The summed E-state index contributed by atoms with van der Waals surface area (Å²) in [5.74, 6) is 0. The predicted octanol–water partition coefficient (Wildman–Crippen LogP) is 1.46. The summed E-state index contributed by atoms with van der Waals surface area (Å²) in [7, 11) is 1.93. The van der Waals surface area contributed by atoms with Crippen LogP contribution in [0, 0.1) is 0 Å². The number of nitrogens with one attached hydrogen (secondary N) is 1. The van der Waals surface area contributed by atoms with Crippen molar-refractivity contribution in [2.45, 2.75) is 31.8 Å². The van der Waals surface area contributed by atoms with E-state index < -0.39 is 0 Å². The van der Waals surface area contributed by atoms with Crippen LogP contribution in [0.4, 0.5) is 0 Å². The van der Waals surface area contributed by atoms with Crippen molar-refractivity contribution in [3.8, 4) is 0 Å². The lowest BCUT2D eigenvalue weighted by molar-refractivity contribution is 0.449. The van der Waals surface area contributed by atoms with Crippen molar-refractivity contribution < 1.29 is 0 Å².